The topological polar surface area (TPSA) is 43.0 Å². The molecule has 1 N–H and O–H groups in total. The van der Waals surface area contributed by atoms with Gasteiger partial charge in [0.2, 0.25) is 6.79 Å². The van der Waals surface area contributed by atoms with E-state index in [2.05, 4.69) is 34.5 Å². The number of benzene rings is 2. The Labute approximate surface area is 142 Å². The van der Waals surface area contributed by atoms with Crippen molar-refractivity contribution in [1.82, 2.24) is 10.2 Å². The minimum absolute atomic E-state index is 0.285. The van der Waals surface area contributed by atoms with Crippen molar-refractivity contribution in [3.63, 3.8) is 0 Å². The van der Waals surface area contributed by atoms with Gasteiger partial charge in [-0.05, 0) is 23.3 Å². The van der Waals surface area contributed by atoms with Crippen LogP contribution in [-0.2, 0) is 13.2 Å². The molecule has 0 aromatic heterocycles. The molecule has 0 atom stereocenters. The van der Waals surface area contributed by atoms with Crippen molar-refractivity contribution >= 4 is 0 Å². The standard InChI is InChI=1S/C19H22N2O3/c1-3-16(4-2-15(1)12-21-9-7-20-8-10-21)13-22-17-5-6-18-19(11-17)24-14-23-18/h1-6,11,20H,7-10,12-14H2. The highest BCUT2D eigenvalue weighted by atomic mass is 16.7. The fourth-order valence-electron chi connectivity index (χ4n) is 3.00. The van der Waals surface area contributed by atoms with Gasteiger partial charge >= 0.3 is 0 Å². The van der Waals surface area contributed by atoms with Crippen LogP contribution in [0, 0.1) is 0 Å². The second kappa shape index (κ2) is 7.11. The predicted octanol–water partition coefficient (Wildman–Crippen LogP) is 2.40. The van der Waals surface area contributed by atoms with Gasteiger partial charge in [0.25, 0.3) is 0 Å². The van der Waals surface area contributed by atoms with Crippen molar-refractivity contribution in [3.05, 3.63) is 53.6 Å². The maximum Gasteiger partial charge on any atom is 0.231 e. The zero-order valence-corrected chi connectivity index (χ0v) is 13.7. The van der Waals surface area contributed by atoms with E-state index >= 15 is 0 Å². The van der Waals surface area contributed by atoms with Crippen LogP contribution >= 0.6 is 0 Å². The molecule has 2 heterocycles. The summed E-state index contributed by atoms with van der Waals surface area (Å²) in [4.78, 5) is 2.48. The highest BCUT2D eigenvalue weighted by molar-refractivity contribution is 5.46. The van der Waals surface area contributed by atoms with E-state index in [1.165, 1.54) is 5.56 Å². The molecule has 0 unspecified atom stereocenters. The lowest BCUT2D eigenvalue weighted by Crippen LogP contribution is -2.42. The Kier molecular flexibility index (Phi) is 4.53. The van der Waals surface area contributed by atoms with E-state index in [0.29, 0.717) is 6.61 Å². The second-order valence-corrected chi connectivity index (χ2v) is 6.15. The predicted molar refractivity (Wildman–Crippen MR) is 91.5 cm³/mol. The first-order valence-corrected chi connectivity index (χ1v) is 8.40. The van der Waals surface area contributed by atoms with Crippen molar-refractivity contribution < 1.29 is 14.2 Å². The van der Waals surface area contributed by atoms with Gasteiger partial charge in [0.1, 0.15) is 12.4 Å². The van der Waals surface area contributed by atoms with E-state index in [-0.39, 0.29) is 6.79 Å². The number of piperazine rings is 1. The zero-order valence-electron chi connectivity index (χ0n) is 13.7. The van der Waals surface area contributed by atoms with Crippen LogP contribution < -0.4 is 19.5 Å². The lowest BCUT2D eigenvalue weighted by atomic mass is 10.1. The third-order valence-corrected chi connectivity index (χ3v) is 4.39. The molecule has 126 valence electrons. The fraction of sp³-hybridized carbons (Fsp3) is 0.368. The summed E-state index contributed by atoms with van der Waals surface area (Å²) in [7, 11) is 0. The van der Waals surface area contributed by atoms with E-state index in [4.69, 9.17) is 14.2 Å². The zero-order chi connectivity index (χ0) is 16.2. The largest absolute Gasteiger partial charge is 0.489 e. The Hall–Kier alpha value is -2.24. The third-order valence-electron chi connectivity index (χ3n) is 4.39. The molecule has 0 radical (unpaired) electrons. The van der Waals surface area contributed by atoms with Gasteiger partial charge in [-0.1, -0.05) is 24.3 Å². The summed E-state index contributed by atoms with van der Waals surface area (Å²) in [6, 6.07) is 14.3. The van der Waals surface area contributed by atoms with Gasteiger partial charge < -0.3 is 19.5 Å². The number of fused-ring (bicyclic) bond motifs is 1. The lowest BCUT2D eigenvalue weighted by molar-refractivity contribution is 0.173. The van der Waals surface area contributed by atoms with Crippen molar-refractivity contribution in [2.24, 2.45) is 0 Å². The van der Waals surface area contributed by atoms with Crippen LogP contribution in [0.15, 0.2) is 42.5 Å². The minimum Gasteiger partial charge on any atom is -0.489 e. The fourth-order valence-corrected chi connectivity index (χ4v) is 3.00. The molecule has 0 aliphatic carbocycles. The Bertz CT molecular complexity index is 682. The van der Waals surface area contributed by atoms with E-state index in [9.17, 15) is 0 Å². The summed E-state index contributed by atoms with van der Waals surface area (Å²) in [6.07, 6.45) is 0. The van der Waals surface area contributed by atoms with Gasteiger partial charge in [-0.25, -0.2) is 0 Å². The number of hydrogen-bond acceptors (Lipinski definition) is 5. The summed E-state index contributed by atoms with van der Waals surface area (Å²) in [6.45, 7) is 6.26. The average molecular weight is 326 g/mol. The normalized spacial score (nSPS) is 17.0. The van der Waals surface area contributed by atoms with Gasteiger partial charge in [-0.2, -0.15) is 0 Å². The van der Waals surface area contributed by atoms with E-state index < -0.39 is 0 Å². The van der Waals surface area contributed by atoms with Crippen molar-refractivity contribution in [2.45, 2.75) is 13.2 Å². The minimum atomic E-state index is 0.285. The van der Waals surface area contributed by atoms with E-state index in [1.807, 2.05) is 18.2 Å². The molecule has 5 nitrogen and oxygen atoms in total. The molecule has 4 rings (SSSR count). The molecular weight excluding hydrogens is 304 g/mol. The number of hydrogen-bond donors (Lipinski definition) is 1. The van der Waals surface area contributed by atoms with Crippen LogP contribution in [0.2, 0.25) is 0 Å². The second-order valence-electron chi connectivity index (χ2n) is 6.15. The summed E-state index contributed by atoms with van der Waals surface area (Å²) in [5, 5.41) is 3.38. The Balaban J connectivity index is 1.32. The SMILES string of the molecule is c1cc(CN2CCNCC2)ccc1COc1ccc2c(c1)OCO2. The molecule has 24 heavy (non-hydrogen) atoms. The highest BCUT2D eigenvalue weighted by Gasteiger charge is 2.14. The van der Waals surface area contributed by atoms with Crippen LogP contribution in [0.3, 0.4) is 0 Å². The van der Waals surface area contributed by atoms with E-state index in [0.717, 1.165) is 55.5 Å². The first-order valence-electron chi connectivity index (χ1n) is 8.40. The highest BCUT2D eigenvalue weighted by Crippen LogP contribution is 2.35. The molecule has 2 aliphatic rings. The molecule has 2 aromatic rings. The lowest BCUT2D eigenvalue weighted by Gasteiger charge is -2.27. The Morgan fingerprint density at radius 3 is 2.50 bits per heavy atom. The van der Waals surface area contributed by atoms with Crippen LogP contribution in [0.1, 0.15) is 11.1 Å². The molecule has 5 heteroatoms. The summed E-state index contributed by atoms with van der Waals surface area (Å²) >= 11 is 0. The molecule has 0 saturated carbocycles. The average Bonchev–Trinajstić information content (AvgIpc) is 3.10. The van der Waals surface area contributed by atoms with E-state index in [1.54, 1.807) is 0 Å². The first kappa shape index (κ1) is 15.3. The van der Waals surface area contributed by atoms with Crippen LogP contribution in [-0.4, -0.2) is 37.9 Å². The van der Waals surface area contributed by atoms with Gasteiger partial charge in [0, 0.05) is 38.8 Å². The quantitative estimate of drug-likeness (QED) is 0.914. The Morgan fingerprint density at radius 1 is 0.917 bits per heavy atom. The van der Waals surface area contributed by atoms with Gasteiger partial charge in [0.15, 0.2) is 11.5 Å². The van der Waals surface area contributed by atoms with Crippen molar-refractivity contribution in [2.75, 3.05) is 33.0 Å². The number of nitrogens with zero attached hydrogens (tertiary/aromatic N) is 1. The van der Waals surface area contributed by atoms with Gasteiger partial charge in [0.05, 0.1) is 0 Å². The van der Waals surface area contributed by atoms with Crippen LogP contribution in [0.4, 0.5) is 0 Å². The molecule has 1 fully saturated rings. The number of ether oxygens (including phenoxy) is 3. The van der Waals surface area contributed by atoms with Crippen molar-refractivity contribution in [1.29, 1.82) is 0 Å². The molecular formula is C19H22N2O3. The summed E-state index contributed by atoms with van der Waals surface area (Å²) < 4.78 is 16.5. The molecule has 0 bridgehead atoms. The third kappa shape index (κ3) is 3.63. The smallest absolute Gasteiger partial charge is 0.231 e. The van der Waals surface area contributed by atoms with Crippen LogP contribution in [0.25, 0.3) is 0 Å². The maximum atomic E-state index is 5.85. The molecule has 1 saturated heterocycles. The molecule has 2 aromatic carbocycles. The molecule has 0 amide bonds. The Morgan fingerprint density at radius 2 is 1.67 bits per heavy atom. The number of nitrogens with one attached hydrogen (secondary N) is 1. The van der Waals surface area contributed by atoms with Gasteiger partial charge in [-0.15, -0.1) is 0 Å². The first-order chi connectivity index (χ1) is 11.9. The van der Waals surface area contributed by atoms with Crippen LogP contribution in [0.5, 0.6) is 17.2 Å². The maximum absolute atomic E-state index is 5.85. The summed E-state index contributed by atoms with van der Waals surface area (Å²) in [5.41, 5.74) is 2.51. The van der Waals surface area contributed by atoms with Crippen molar-refractivity contribution in [3.8, 4) is 17.2 Å². The summed E-state index contributed by atoms with van der Waals surface area (Å²) in [5.74, 6) is 2.32. The number of rotatable bonds is 5. The molecule has 2 aliphatic heterocycles. The monoisotopic (exact) mass is 326 g/mol. The van der Waals surface area contributed by atoms with Gasteiger partial charge in [-0.3, -0.25) is 4.90 Å². The molecule has 0 spiro atoms.